The predicted molar refractivity (Wildman–Crippen MR) is 149 cm³/mol. The van der Waals surface area contributed by atoms with Crippen molar-refractivity contribution in [2.24, 2.45) is 5.73 Å². The van der Waals surface area contributed by atoms with Crippen LogP contribution in [0.25, 0.3) is 10.2 Å². The molecule has 39 heavy (non-hydrogen) atoms. The number of nitrogens with one attached hydrogen (secondary N) is 1. The molecule has 3 aromatic rings. The maximum atomic E-state index is 14.0. The summed E-state index contributed by atoms with van der Waals surface area (Å²) in [5, 5.41) is 3.59. The summed E-state index contributed by atoms with van der Waals surface area (Å²) in [5.74, 6) is -0.706. The van der Waals surface area contributed by atoms with Crippen molar-refractivity contribution in [3.63, 3.8) is 0 Å². The quantitative estimate of drug-likeness (QED) is 0.449. The highest BCUT2D eigenvalue weighted by Gasteiger charge is 2.62. The molecule has 2 fully saturated rings. The van der Waals surface area contributed by atoms with Gasteiger partial charge in [-0.15, -0.1) is 11.3 Å². The SMILES string of the molecule is Cc1nc2sc(C(=O)NC3CCc4nc(N5CC(N)C6(C5)OC(C)(C)C(C)(C)O6)ccc4C3)c(N)c2cc1F. The van der Waals surface area contributed by atoms with E-state index in [1.807, 2.05) is 33.8 Å². The Morgan fingerprint density at radius 3 is 2.64 bits per heavy atom. The monoisotopic (exact) mass is 554 g/mol. The number of anilines is 2. The zero-order valence-corrected chi connectivity index (χ0v) is 23.7. The molecule has 5 N–H and O–H groups in total. The molecule has 1 aliphatic carbocycles. The molecule has 2 saturated heterocycles. The van der Waals surface area contributed by atoms with Gasteiger partial charge < -0.3 is 31.2 Å². The number of thiophene rings is 1. The fourth-order valence-corrected chi connectivity index (χ4v) is 6.79. The molecule has 0 radical (unpaired) electrons. The number of ether oxygens (including phenoxy) is 2. The minimum absolute atomic E-state index is 0.0538. The summed E-state index contributed by atoms with van der Waals surface area (Å²) >= 11 is 1.19. The second-order valence-electron chi connectivity index (χ2n) is 12.0. The van der Waals surface area contributed by atoms with E-state index in [1.54, 1.807) is 6.92 Å². The fraction of sp³-hybridized carbons (Fsp3) is 0.536. The van der Waals surface area contributed by atoms with Gasteiger partial charge in [0, 0.05) is 23.7 Å². The highest BCUT2D eigenvalue weighted by molar-refractivity contribution is 7.21. The highest BCUT2D eigenvalue weighted by Crippen LogP contribution is 2.47. The molecule has 0 bridgehead atoms. The van der Waals surface area contributed by atoms with Crippen LogP contribution in [0.3, 0.4) is 0 Å². The second-order valence-corrected chi connectivity index (χ2v) is 13.0. The van der Waals surface area contributed by atoms with E-state index in [0.29, 0.717) is 34.6 Å². The van der Waals surface area contributed by atoms with Gasteiger partial charge in [-0.25, -0.2) is 14.4 Å². The van der Waals surface area contributed by atoms with Gasteiger partial charge in [-0.05, 0) is 71.6 Å². The lowest BCUT2D eigenvalue weighted by atomic mass is 9.90. The minimum Gasteiger partial charge on any atom is -0.397 e. The third-order valence-corrected chi connectivity index (χ3v) is 9.78. The number of pyridine rings is 2. The number of hydrogen-bond acceptors (Lipinski definition) is 9. The van der Waals surface area contributed by atoms with E-state index in [2.05, 4.69) is 21.3 Å². The van der Waals surface area contributed by atoms with E-state index < -0.39 is 22.8 Å². The maximum absolute atomic E-state index is 14.0. The van der Waals surface area contributed by atoms with E-state index in [-0.39, 0.29) is 29.4 Å². The van der Waals surface area contributed by atoms with Crippen LogP contribution in [-0.2, 0) is 22.3 Å². The predicted octanol–water partition coefficient (Wildman–Crippen LogP) is 3.46. The van der Waals surface area contributed by atoms with Crippen LogP contribution in [0.4, 0.5) is 15.9 Å². The number of amides is 1. The molecule has 11 heteroatoms. The van der Waals surface area contributed by atoms with Crippen molar-refractivity contribution in [2.75, 3.05) is 23.7 Å². The largest absolute Gasteiger partial charge is 0.397 e. The van der Waals surface area contributed by atoms with Crippen molar-refractivity contribution in [3.8, 4) is 0 Å². The van der Waals surface area contributed by atoms with E-state index in [9.17, 15) is 9.18 Å². The molecule has 9 nitrogen and oxygen atoms in total. The third kappa shape index (κ3) is 4.26. The molecule has 2 unspecified atom stereocenters. The van der Waals surface area contributed by atoms with Gasteiger partial charge in [0.2, 0.25) is 5.79 Å². The smallest absolute Gasteiger partial charge is 0.263 e. The Bertz CT molecular complexity index is 1470. The molecule has 1 spiro atoms. The Morgan fingerprint density at radius 1 is 1.21 bits per heavy atom. The number of aromatic nitrogens is 2. The summed E-state index contributed by atoms with van der Waals surface area (Å²) in [7, 11) is 0. The van der Waals surface area contributed by atoms with Gasteiger partial charge in [0.1, 0.15) is 21.3 Å². The molecular formula is C28H35FN6O3S. The van der Waals surface area contributed by atoms with Gasteiger partial charge in [0.05, 0.1) is 35.2 Å². The van der Waals surface area contributed by atoms with Crippen molar-refractivity contribution in [2.45, 2.75) is 83.0 Å². The third-order valence-electron chi connectivity index (χ3n) is 8.66. The van der Waals surface area contributed by atoms with Gasteiger partial charge in [-0.2, -0.15) is 0 Å². The van der Waals surface area contributed by atoms with Crippen LogP contribution in [0.2, 0.25) is 0 Å². The van der Waals surface area contributed by atoms with Gasteiger partial charge in [-0.1, -0.05) is 6.07 Å². The van der Waals surface area contributed by atoms with Crippen molar-refractivity contribution < 1.29 is 18.7 Å². The van der Waals surface area contributed by atoms with E-state index >= 15 is 0 Å². The average molecular weight is 555 g/mol. The van der Waals surface area contributed by atoms with Crippen LogP contribution in [-0.4, -0.2) is 58.0 Å². The number of aryl methyl sites for hydroxylation is 2. The molecule has 2 atom stereocenters. The Kier molecular flexibility index (Phi) is 5.96. The van der Waals surface area contributed by atoms with Crippen LogP contribution in [0.5, 0.6) is 0 Å². The van der Waals surface area contributed by atoms with Crippen molar-refractivity contribution >= 4 is 39.0 Å². The molecule has 5 heterocycles. The standard InChI is InChI=1S/C28H35FN6O3S/c1-14-18(29)11-17-22(31)23(39-25(17)32-14)24(36)33-16-7-8-19-15(10-16)6-9-21(34-19)35-12-20(30)28(13-35)37-26(2,3)27(4,5)38-28/h6,9,11,16,20H,7-8,10,12-13,30-31H2,1-5H3,(H,33,36). The van der Waals surface area contributed by atoms with Gasteiger partial charge in [0.25, 0.3) is 5.91 Å². The fourth-order valence-electron chi connectivity index (χ4n) is 5.77. The molecule has 2 aliphatic heterocycles. The molecule has 0 aromatic carbocycles. The number of carbonyl (C=O) groups is 1. The number of fused-ring (bicyclic) bond motifs is 2. The second kappa shape index (κ2) is 8.82. The van der Waals surface area contributed by atoms with Crippen LogP contribution >= 0.6 is 11.3 Å². The zero-order valence-electron chi connectivity index (χ0n) is 22.9. The summed E-state index contributed by atoms with van der Waals surface area (Å²) in [6, 6.07) is 5.09. The molecule has 1 amide bonds. The molecule has 3 aromatic heterocycles. The van der Waals surface area contributed by atoms with Gasteiger partial charge in [-0.3, -0.25) is 4.79 Å². The lowest BCUT2D eigenvalue weighted by Gasteiger charge is -2.30. The van der Waals surface area contributed by atoms with Crippen LogP contribution in [0.1, 0.15) is 60.7 Å². The molecule has 3 aliphatic rings. The van der Waals surface area contributed by atoms with Crippen LogP contribution in [0.15, 0.2) is 18.2 Å². The van der Waals surface area contributed by atoms with Crippen molar-refractivity contribution in [1.29, 1.82) is 0 Å². The number of halogens is 1. The van der Waals surface area contributed by atoms with Crippen LogP contribution < -0.4 is 21.7 Å². The highest BCUT2D eigenvalue weighted by atomic mass is 32.1. The van der Waals surface area contributed by atoms with Crippen LogP contribution in [0, 0.1) is 12.7 Å². The number of nitrogens with two attached hydrogens (primary N) is 2. The van der Waals surface area contributed by atoms with E-state index in [1.165, 1.54) is 17.4 Å². The van der Waals surface area contributed by atoms with Crippen molar-refractivity contribution in [3.05, 3.63) is 45.8 Å². The Morgan fingerprint density at radius 2 is 1.92 bits per heavy atom. The Balaban J connectivity index is 1.15. The molecule has 6 rings (SSSR count). The van der Waals surface area contributed by atoms with Gasteiger partial charge in [0.15, 0.2) is 0 Å². The Hall–Kier alpha value is -2.86. The van der Waals surface area contributed by atoms with E-state index in [4.69, 9.17) is 25.9 Å². The first-order valence-electron chi connectivity index (χ1n) is 13.3. The summed E-state index contributed by atoms with van der Waals surface area (Å²) in [6.07, 6.45) is 2.16. The topological polar surface area (TPSA) is 129 Å². The normalized spacial score (nSPS) is 24.8. The number of hydrogen-bond donors (Lipinski definition) is 3. The summed E-state index contributed by atoms with van der Waals surface area (Å²) in [5.41, 5.74) is 14.5. The first-order chi connectivity index (χ1) is 18.3. The first kappa shape index (κ1) is 26.4. The lowest BCUT2D eigenvalue weighted by molar-refractivity contribution is -0.183. The summed E-state index contributed by atoms with van der Waals surface area (Å²) in [6.45, 7) is 10.8. The minimum atomic E-state index is -0.867. The number of nitrogens with zero attached hydrogens (tertiary/aromatic N) is 3. The number of nitrogen functional groups attached to an aromatic ring is 1. The maximum Gasteiger partial charge on any atom is 0.263 e. The average Bonchev–Trinajstić information content (AvgIpc) is 3.41. The zero-order chi connectivity index (χ0) is 27.9. The number of carbonyl (C=O) groups excluding carboxylic acids is 1. The summed E-state index contributed by atoms with van der Waals surface area (Å²) < 4.78 is 26.9. The Labute approximate surface area is 231 Å². The molecular weight excluding hydrogens is 519 g/mol. The van der Waals surface area contributed by atoms with Gasteiger partial charge >= 0.3 is 0 Å². The molecule has 208 valence electrons. The lowest BCUT2D eigenvalue weighted by Crippen LogP contribution is -2.49. The van der Waals surface area contributed by atoms with E-state index in [0.717, 1.165) is 29.9 Å². The van der Waals surface area contributed by atoms with Crippen molar-refractivity contribution in [1.82, 2.24) is 15.3 Å². The summed E-state index contributed by atoms with van der Waals surface area (Å²) in [4.78, 5) is 25.4. The number of rotatable bonds is 3. The first-order valence-corrected chi connectivity index (χ1v) is 14.2. The molecule has 0 saturated carbocycles.